The maximum absolute atomic E-state index is 9.09. The largest absolute Gasteiger partial charge is 0.411 e. The van der Waals surface area contributed by atoms with Gasteiger partial charge in [0.1, 0.15) is 0 Å². The van der Waals surface area contributed by atoms with Crippen molar-refractivity contribution < 1.29 is 5.21 Å². The normalized spacial score (nSPS) is 17.6. The standard InChI is InChI=1S/C14H13NO/c16-15-13-7-3-5-11-9-8-10-4-1-2-6-12(10)14(11)13/h1-2,4,6,8-9,16H,3,5,7H2/b15-13-. The fourth-order valence-electron chi connectivity index (χ4n) is 2.54. The molecule has 1 aliphatic carbocycles. The molecular formula is C14H13NO. The first-order valence-electron chi connectivity index (χ1n) is 5.62. The molecule has 2 nitrogen and oxygen atoms in total. The van der Waals surface area contributed by atoms with Crippen molar-refractivity contribution in [3.63, 3.8) is 0 Å². The summed E-state index contributed by atoms with van der Waals surface area (Å²) in [4.78, 5) is 0. The van der Waals surface area contributed by atoms with Crippen molar-refractivity contribution in [1.29, 1.82) is 0 Å². The van der Waals surface area contributed by atoms with Crippen LogP contribution in [-0.2, 0) is 6.42 Å². The van der Waals surface area contributed by atoms with E-state index in [1.807, 2.05) is 12.1 Å². The van der Waals surface area contributed by atoms with E-state index in [9.17, 15) is 0 Å². The van der Waals surface area contributed by atoms with E-state index in [4.69, 9.17) is 5.21 Å². The topological polar surface area (TPSA) is 32.6 Å². The molecule has 0 saturated carbocycles. The second-order valence-corrected chi connectivity index (χ2v) is 4.22. The molecule has 0 amide bonds. The van der Waals surface area contributed by atoms with Crippen LogP contribution in [0.2, 0.25) is 0 Å². The Morgan fingerprint density at radius 1 is 1.00 bits per heavy atom. The maximum Gasteiger partial charge on any atom is 0.0876 e. The van der Waals surface area contributed by atoms with E-state index in [0.717, 1.165) is 30.5 Å². The summed E-state index contributed by atoms with van der Waals surface area (Å²) in [7, 11) is 0. The van der Waals surface area contributed by atoms with E-state index in [-0.39, 0.29) is 0 Å². The van der Waals surface area contributed by atoms with Gasteiger partial charge in [-0.1, -0.05) is 41.6 Å². The first kappa shape index (κ1) is 9.40. The Bertz CT molecular complexity index is 572. The molecule has 0 spiro atoms. The second-order valence-electron chi connectivity index (χ2n) is 4.22. The number of nitrogens with zero attached hydrogens (tertiary/aromatic N) is 1. The lowest BCUT2D eigenvalue weighted by molar-refractivity contribution is 0.317. The predicted molar refractivity (Wildman–Crippen MR) is 65.2 cm³/mol. The van der Waals surface area contributed by atoms with Crippen LogP contribution in [0.15, 0.2) is 41.6 Å². The molecule has 0 fully saturated rings. The summed E-state index contributed by atoms with van der Waals surface area (Å²) in [6, 6.07) is 12.6. The molecular weight excluding hydrogens is 198 g/mol. The third kappa shape index (κ3) is 1.30. The lowest BCUT2D eigenvalue weighted by Crippen LogP contribution is -2.12. The molecule has 16 heavy (non-hydrogen) atoms. The summed E-state index contributed by atoms with van der Waals surface area (Å²) in [6.45, 7) is 0. The summed E-state index contributed by atoms with van der Waals surface area (Å²) >= 11 is 0. The van der Waals surface area contributed by atoms with Gasteiger partial charge >= 0.3 is 0 Å². The van der Waals surface area contributed by atoms with Crippen molar-refractivity contribution in [3.8, 4) is 0 Å². The SMILES string of the molecule is O/N=C1/CCCc2ccc3ccccc3c21. The Balaban J connectivity index is 2.39. The number of aryl methyl sites for hydroxylation is 1. The van der Waals surface area contributed by atoms with E-state index in [2.05, 4.69) is 29.4 Å². The Morgan fingerprint density at radius 2 is 1.88 bits per heavy atom. The highest BCUT2D eigenvalue weighted by molar-refractivity contribution is 6.12. The van der Waals surface area contributed by atoms with Crippen molar-refractivity contribution >= 4 is 16.5 Å². The van der Waals surface area contributed by atoms with Gasteiger partial charge in [0, 0.05) is 5.56 Å². The quantitative estimate of drug-likeness (QED) is 0.526. The van der Waals surface area contributed by atoms with Crippen LogP contribution in [0.5, 0.6) is 0 Å². The van der Waals surface area contributed by atoms with Crippen molar-refractivity contribution in [2.24, 2.45) is 5.16 Å². The van der Waals surface area contributed by atoms with Crippen LogP contribution in [0.25, 0.3) is 10.8 Å². The first-order valence-corrected chi connectivity index (χ1v) is 5.62. The van der Waals surface area contributed by atoms with Gasteiger partial charge < -0.3 is 5.21 Å². The Hall–Kier alpha value is -1.83. The van der Waals surface area contributed by atoms with Crippen LogP contribution in [0, 0.1) is 0 Å². The third-order valence-corrected chi connectivity index (χ3v) is 3.28. The van der Waals surface area contributed by atoms with Crippen LogP contribution in [-0.4, -0.2) is 10.9 Å². The van der Waals surface area contributed by atoms with Gasteiger partial charge in [-0.3, -0.25) is 0 Å². The van der Waals surface area contributed by atoms with Gasteiger partial charge in [0.15, 0.2) is 0 Å². The molecule has 2 aromatic rings. The van der Waals surface area contributed by atoms with Gasteiger partial charge in [0.2, 0.25) is 0 Å². The molecule has 0 radical (unpaired) electrons. The van der Waals surface area contributed by atoms with Gasteiger partial charge in [-0.25, -0.2) is 0 Å². The summed E-state index contributed by atoms with van der Waals surface area (Å²) in [5, 5.41) is 15.0. The van der Waals surface area contributed by atoms with Crippen LogP contribution in [0.3, 0.4) is 0 Å². The van der Waals surface area contributed by atoms with Gasteiger partial charge in [-0.2, -0.15) is 0 Å². The van der Waals surface area contributed by atoms with E-state index in [1.165, 1.54) is 16.3 Å². The highest BCUT2D eigenvalue weighted by Gasteiger charge is 2.18. The summed E-state index contributed by atoms with van der Waals surface area (Å²) in [5.41, 5.74) is 3.28. The number of fused-ring (bicyclic) bond motifs is 3. The van der Waals surface area contributed by atoms with Crippen molar-refractivity contribution in [1.82, 2.24) is 0 Å². The highest BCUT2D eigenvalue weighted by atomic mass is 16.4. The lowest BCUT2D eigenvalue weighted by atomic mass is 9.86. The number of oxime groups is 1. The molecule has 0 atom stereocenters. The summed E-state index contributed by atoms with van der Waals surface area (Å²) in [6.07, 6.45) is 3.03. The van der Waals surface area contributed by atoms with Crippen LogP contribution in [0.4, 0.5) is 0 Å². The minimum absolute atomic E-state index is 0.832. The number of benzene rings is 2. The zero-order valence-corrected chi connectivity index (χ0v) is 8.98. The van der Waals surface area contributed by atoms with Crippen LogP contribution in [0.1, 0.15) is 24.0 Å². The van der Waals surface area contributed by atoms with Crippen molar-refractivity contribution in [2.75, 3.05) is 0 Å². The van der Waals surface area contributed by atoms with Crippen molar-refractivity contribution in [3.05, 3.63) is 47.5 Å². The molecule has 0 aliphatic heterocycles. The predicted octanol–water partition coefficient (Wildman–Crippen LogP) is 3.35. The maximum atomic E-state index is 9.09. The molecule has 3 rings (SSSR count). The van der Waals surface area contributed by atoms with Gasteiger partial charge in [-0.05, 0) is 35.6 Å². The summed E-state index contributed by atoms with van der Waals surface area (Å²) < 4.78 is 0. The zero-order valence-electron chi connectivity index (χ0n) is 8.98. The van der Waals surface area contributed by atoms with Gasteiger partial charge in [0.25, 0.3) is 0 Å². The average Bonchev–Trinajstić information content (AvgIpc) is 2.37. The highest BCUT2D eigenvalue weighted by Crippen LogP contribution is 2.29. The second kappa shape index (κ2) is 3.63. The number of hydrogen-bond donors (Lipinski definition) is 1. The number of hydrogen-bond acceptors (Lipinski definition) is 2. The molecule has 0 unspecified atom stereocenters. The Kier molecular flexibility index (Phi) is 2.13. The van der Waals surface area contributed by atoms with Gasteiger partial charge in [0.05, 0.1) is 5.71 Å². The zero-order chi connectivity index (χ0) is 11.0. The number of rotatable bonds is 0. The minimum Gasteiger partial charge on any atom is -0.411 e. The first-order chi connectivity index (χ1) is 7.90. The smallest absolute Gasteiger partial charge is 0.0876 e. The fourth-order valence-corrected chi connectivity index (χ4v) is 2.54. The molecule has 0 aromatic heterocycles. The fraction of sp³-hybridized carbons (Fsp3) is 0.214. The average molecular weight is 211 g/mol. The van der Waals surface area contributed by atoms with E-state index in [0.29, 0.717) is 0 Å². The van der Waals surface area contributed by atoms with E-state index < -0.39 is 0 Å². The van der Waals surface area contributed by atoms with E-state index in [1.54, 1.807) is 0 Å². The summed E-state index contributed by atoms with van der Waals surface area (Å²) in [5.74, 6) is 0. The monoisotopic (exact) mass is 211 g/mol. The molecule has 0 heterocycles. The molecule has 1 N–H and O–H groups in total. The van der Waals surface area contributed by atoms with Gasteiger partial charge in [-0.15, -0.1) is 0 Å². The third-order valence-electron chi connectivity index (χ3n) is 3.28. The Morgan fingerprint density at radius 3 is 2.75 bits per heavy atom. The molecule has 2 heteroatoms. The molecule has 2 aromatic carbocycles. The Labute approximate surface area is 94.2 Å². The minimum atomic E-state index is 0.832. The van der Waals surface area contributed by atoms with Crippen molar-refractivity contribution in [2.45, 2.75) is 19.3 Å². The molecule has 1 aliphatic rings. The molecule has 0 bridgehead atoms. The van der Waals surface area contributed by atoms with E-state index >= 15 is 0 Å². The molecule has 80 valence electrons. The molecule has 0 saturated heterocycles. The van der Waals surface area contributed by atoms with Crippen LogP contribution < -0.4 is 0 Å². The lowest BCUT2D eigenvalue weighted by Gasteiger charge is -2.18. The van der Waals surface area contributed by atoms with Crippen LogP contribution >= 0.6 is 0 Å².